The van der Waals surface area contributed by atoms with Gasteiger partial charge in [0.25, 0.3) is 0 Å². The molecule has 3 aliphatic heterocycles. The van der Waals surface area contributed by atoms with Gasteiger partial charge in [0.1, 0.15) is 60.9 Å². The molecule has 14 atom stereocenters. The topological polar surface area (TPSA) is 595 Å². The fourth-order valence-corrected chi connectivity index (χ4v) is 6.56. The highest BCUT2D eigenvalue weighted by molar-refractivity contribution is 5.86. The Morgan fingerprint density at radius 3 is 0.914 bits per heavy atom. The number of aliphatic hydroxyl groups excluding tert-OH is 13. The molecule has 3 amide bonds. The number of hydrogen-bond acceptors (Lipinski definition) is 22. The van der Waals surface area contributed by atoms with E-state index in [1.807, 2.05) is 0 Å². The number of aliphatic hydroxyl groups is 13. The summed E-state index contributed by atoms with van der Waals surface area (Å²) in [6.45, 7) is -2.89. The van der Waals surface area contributed by atoms with Gasteiger partial charge in [0.05, 0.1) is 64.0 Å². The summed E-state index contributed by atoms with van der Waals surface area (Å²) in [6, 6.07) is -2.98. The van der Waals surface area contributed by atoms with Gasteiger partial charge < -0.3 is 128 Å². The van der Waals surface area contributed by atoms with Gasteiger partial charge in [-0.05, 0) is 0 Å². The summed E-state index contributed by atoms with van der Waals surface area (Å²) < 4.78 is 0. The van der Waals surface area contributed by atoms with Crippen molar-refractivity contribution in [3.63, 3.8) is 0 Å². The Balaban J connectivity index is 0.000000916. The standard InChI is InChI=1S/3C10H20N4O5.C6H8O7/c3*1-13(10(11)12)3-7(17)14-2-6(16)9(19)8(18)5(14)4-15;7-3(8)1-2(5(10)11)4(9)6(12)13/h3*5-6,8-9,15-16,18-19H,2-4H2,1H3,(H3,11,12);2,4,9H,1H2,(H,7,8)(H,10,11)(H,12,13)/t3*5-,6-,8-,9-;/m111./s1. The van der Waals surface area contributed by atoms with E-state index >= 15 is 0 Å². The van der Waals surface area contributed by atoms with E-state index in [0.717, 1.165) is 14.7 Å². The predicted octanol–water partition coefficient (Wildman–Crippen LogP) is -13.1. The zero-order chi connectivity index (χ0) is 54.8. The number of carbonyl (C=O) groups is 6. The minimum absolute atomic E-state index is 0.200. The molecule has 3 fully saturated rings. The van der Waals surface area contributed by atoms with Gasteiger partial charge in [-0.15, -0.1) is 0 Å². The molecule has 0 aromatic heterocycles. The Bertz CT molecular complexity index is 1630. The first-order valence-corrected chi connectivity index (χ1v) is 20.6. The SMILES string of the molecule is CN(CC(=O)N1C[C@@H](O)[C@@H](O)[C@H](O)[C@H]1CO)C(=N)N.CN(CC(=O)N1C[C@@H](O)[C@@H](O)[C@H](O)[C@H]1CO)C(=N)N.CN(CC(=O)N1C[C@@H](O)[C@@H](O)[C@H](O)[C@H]1CO)C(=N)N.O=C(O)CC(C(=O)O)C(O)C(=O)O. The smallest absolute Gasteiger partial charge is 0.333 e. The number of hydrogen-bond donors (Lipinski definition) is 22. The molecule has 0 aliphatic carbocycles. The first-order valence-electron chi connectivity index (χ1n) is 20.6. The second kappa shape index (κ2) is 29.3. The van der Waals surface area contributed by atoms with Crippen molar-refractivity contribution in [2.24, 2.45) is 23.1 Å². The van der Waals surface area contributed by atoms with Crippen LogP contribution in [0.1, 0.15) is 6.42 Å². The Morgan fingerprint density at radius 2 is 0.743 bits per heavy atom. The molecular formula is C36H68N12O22. The molecule has 25 N–H and O–H groups in total. The van der Waals surface area contributed by atoms with Gasteiger partial charge in [-0.3, -0.25) is 40.2 Å². The fourth-order valence-electron chi connectivity index (χ4n) is 6.56. The highest BCUT2D eigenvalue weighted by atomic mass is 16.4. The third-order valence-electron chi connectivity index (χ3n) is 11.0. The average molecular weight is 1020 g/mol. The summed E-state index contributed by atoms with van der Waals surface area (Å²) in [5, 5.41) is 169. The first-order chi connectivity index (χ1) is 32.2. The van der Waals surface area contributed by atoms with Crippen LogP contribution in [-0.2, 0) is 28.8 Å². The van der Waals surface area contributed by atoms with Gasteiger partial charge >= 0.3 is 17.9 Å². The van der Waals surface area contributed by atoms with Crippen molar-refractivity contribution in [3.8, 4) is 0 Å². The molecule has 3 rings (SSSR count). The minimum atomic E-state index is -2.20. The number of likely N-dealkylation sites (N-methyl/N-ethyl adjacent to an activating group) is 3. The molecule has 0 spiro atoms. The number of carbonyl (C=O) groups excluding carboxylic acids is 3. The van der Waals surface area contributed by atoms with E-state index < -0.39 is 147 Å². The van der Waals surface area contributed by atoms with E-state index in [2.05, 4.69) is 0 Å². The van der Waals surface area contributed by atoms with E-state index in [4.69, 9.17) is 53.9 Å². The molecule has 0 bridgehead atoms. The number of nitrogens with two attached hydrogens (primary N) is 3. The van der Waals surface area contributed by atoms with Crippen molar-refractivity contribution >= 4 is 53.5 Å². The number of carboxylic acid groups (broad SMARTS) is 3. The third-order valence-corrected chi connectivity index (χ3v) is 11.0. The van der Waals surface area contributed by atoms with E-state index in [1.165, 1.54) is 35.8 Å². The van der Waals surface area contributed by atoms with Crippen LogP contribution < -0.4 is 17.2 Å². The lowest BCUT2D eigenvalue weighted by atomic mass is 9.94. The van der Waals surface area contributed by atoms with E-state index in [0.29, 0.717) is 0 Å². The fraction of sp³-hybridized carbons (Fsp3) is 0.750. The zero-order valence-corrected chi connectivity index (χ0v) is 38.2. The molecule has 0 aromatic carbocycles. The second-order valence-corrected chi connectivity index (χ2v) is 16.1. The molecule has 34 heteroatoms. The largest absolute Gasteiger partial charge is 0.481 e. The van der Waals surface area contributed by atoms with Crippen molar-refractivity contribution in [2.45, 2.75) is 85.6 Å². The Labute approximate surface area is 398 Å². The summed E-state index contributed by atoms with van der Waals surface area (Å²) in [4.78, 5) is 73.3. The lowest BCUT2D eigenvalue weighted by Gasteiger charge is -2.43. The monoisotopic (exact) mass is 1020 g/mol. The maximum Gasteiger partial charge on any atom is 0.333 e. The molecule has 3 heterocycles. The maximum atomic E-state index is 12.0. The number of likely N-dealkylation sites (tertiary alicyclic amines) is 3. The quantitative estimate of drug-likeness (QED) is 0.0567. The number of β-amino-alcohol motifs (C(OH)–C–C–N with tert-alkyl or cyclic N) is 3. The molecule has 2 unspecified atom stereocenters. The van der Waals surface area contributed by atoms with Gasteiger partial charge in [-0.25, -0.2) is 4.79 Å². The highest BCUT2D eigenvalue weighted by Gasteiger charge is 2.45. The molecule has 404 valence electrons. The highest BCUT2D eigenvalue weighted by Crippen LogP contribution is 2.22. The summed E-state index contributed by atoms with van der Waals surface area (Å²) >= 11 is 0. The Morgan fingerprint density at radius 1 is 0.500 bits per heavy atom. The lowest BCUT2D eigenvalue weighted by molar-refractivity contribution is -0.166. The second-order valence-electron chi connectivity index (χ2n) is 16.1. The lowest BCUT2D eigenvalue weighted by Crippen LogP contribution is -2.65. The van der Waals surface area contributed by atoms with Crippen molar-refractivity contribution in [2.75, 3.05) is 80.2 Å². The molecule has 0 saturated carbocycles. The van der Waals surface area contributed by atoms with Gasteiger partial charge in [0.2, 0.25) is 17.7 Å². The van der Waals surface area contributed by atoms with E-state index in [1.54, 1.807) is 0 Å². The van der Waals surface area contributed by atoms with Crippen LogP contribution in [0.2, 0.25) is 0 Å². The summed E-state index contributed by atoms with van der Waals surface area (Å²) in [5.41, 5.74) is 15.6. The van der Waals surface area contributed by atoms with Crippen LogP contribution in [0.15, 0.2) is 0 Å². The normalized spacial score (nSPS) is 28.0. The number of rotatable bonds is 14. The van der Waals surface area contributed by atoms with Gasteiger partial charge in [0.15, 0.2) is 24.0 Å². The predicted molar refractivity (Wildman–Crippen MR) is 232 cm³/mol. The Hall–Kier alpha value is -5.89. The van der Waals surface area contributed by atoms with Crippen LogP contribution in [-0.4, -0.2) is 324 Å². The van der Waals surface area contributed by atoms with Crippen LogP contribution in [0.5, 0.6) is 0 Å². The van der Waals surface area contributed by atoms with Gasteiger partial charge in [-0.2, -0.15) is 0 Å². The molecule has 0 radical (unpaired) electrons. The molecule has 3 saturated heterocycles. The van der Waals surface area contributed by atoms with Crippen molar-refractivity contribution < 1.29 is 110 Å². The van der Waals surface area contributed by atoms with E-state index in [9.17, 15) is 90.0 Å². The third kappa shape index (κ3) is 18.5. The molecular weight excluding hydrogens is 952 g/mol. The number of amides is 3. The van der Waals surface area contributed by atoms with Crippen LogP contribution in [0, 0.1) is 22.1 Å². The van der Waals surface area contributed by atoms with Crippen molar-refractivity contribution in [1.82, 2.24) is 29.4 Å². The summed E-state index contributed by atoms with van der Waals surface area (Å²) in [6.07, 6.45) is -15.5. The molecule has 70 heavy (non-hydrogen) atoms. The van der Waals surface area contributed by atoms with Crippen LogP contribution in [0.3, 0.4) is 0 Å². The molecule has 0 aromatic rings. The number of aliphatic carboxylic acids is 3. The van der Waals surface area contributed by atoms with Crippen LogP contribution >= 0.6 is 0 Å². The van der Waals surface area contributed by atoms with E-state index in [-0.39, 0.29) is 57.1 Å². The maximum absolute atomic E-state index is 12.0. The average Bonchev–Trinajstić information content (AvgIpc) is 3.27. The number of piperidine rings is 3. The zero-order valence-electron chi connectivity index (χ0n) is 38.2. The van der Waals surface area contributed by atoms with Crippen molar-refractivity contribution in [1.29, 1.82) is 16.2 Å². The number of carboxylic acids is 3. The van der Waals surface area contributed by atoms with Crippen LogP contribution in [0.4, 0.5) is 0 Å². The summed E-state index contributed by atoms with van der Waals surface area (Å²) in [7, 11) is 4.33. The first kappa shape index (κ1) is 64.1. The van der Waals surface area contributed by atoms with Crippen molar-refractivity contribution in [3.05, 3.63) is 0 Å². The molecule has 3 aliphatic rings. The number of nitrogens with one attached hydrogen (secondary N) is 3. The number of guanidine groups is 3. The molecule has 34 nitrogen and oxygen atoms in total. The minimum Gasteiger partial charge on any atom is -0.481 e. The Kier molecular flexibility index (Phi) is 26.9. The number of nitrogens with zero attached hydrogens (tertiary/aromatic N) is 6. The summed E-state index contributed by atoms with van der Waals surface area (Å²) in [5.74, 6) is -9.15. The van der Waals surface area contributed by atoms with Crippen LogP contribution in [0.25, 0.3) is 0 Å². The van der Waals surface area contributed by atoms with Gasteiger partial charge in [-0.1, -0.05) is 0 Å². The van der Waals surface area contributed by atoms with Gasteiger partial charge in [0, 0.05) is 40.8 Å².